The van der Waals surface area contributed by atoms with Gasteiger partial charge < -0.3 is 0 Å². The zero-order valence-electron chi connectivity index (χ0n) is 41.7. The molecule has 0 fully saturated rings. The highest BCUT2D eigenvalue weighted by atomic mass is 14.5. The number of allylic oxidation sites excluding steroid dienone is 9. The molecule has 346 valence electrons. The number of hydrogen-bond donors (Lipinski definition) is 0. The topological polar surface area (TPSA) is 0 Å². The Kier molecular flexibility index (Phi) is 16.3. The molecule has 0 saturated heterocycles. The first-order chi connectivity index (χ1) is 34.5. The van der Waals surface area contributed by atoms with E-state index in [9.17, 15) is 0 Å². The summed E-state index contributed by atoms with van der Waals surface area (Å²) in [4.78, 5) is 0. The molecule has 0 bridgehead atoms. The van der Waals surface area contributed by atoms with Crippen LogP contribution in [0.1, 0.15) is 86.8 Å². The van der Waals surface area contributed by atoms with Crippen LogP contribution < -0.4 is 0 Å². The van der Waals surface area contributed by atoms with Crippen LogP contribution in [0.25, 0.3) is 60.5 Å². The lowest BCUT2D eigenvalue weighted by Gasteiger charge is -2.34. The summed E-state index contributed by atoms with van der Waals surface area (Å²) in [5, 5.41) is 5.16. The van der Waals surface area contributed by atoms with Gasteiger partial charge in [-0.3, -0.25) is 0 Å². The van der Waals surface area contributed by atoms with Crippen molar-refractivity contribution < 1.29 is 0 Å². The van der Waals surface area contributed by atoms with E-state index in [2.05, 4.69) is 245 Å². The van der Waals surface area contributed by atoms with Crippen LogP contribution >= 0.6 is 0 Å². The van der Waals surface area contributed by atoms with E-state index in [0.717, 1.165) is 0 Å². The van der Waals surface area contributed by atoms with Crippen molar-refractivity contribution in [3.05, 3.63) is 294 Å². The Morgan fingerprint density at radius 1 is 0.557 bits per heavy atom. The highest BCUT2D eigenvalue weighted by molar-refractivity contribution is 6.14. The summed E-state index contributed by atoms with van der Waals surface area (Å²) in [6.45, 7) is 14.2. The van der Waals surface area contributed by atoms with Crippen LogP contribution in [0.3, 0.4) is 0 Å². The lowest BCUT2D eigenvalue weighted by molar-refractivity contribution is 0.768. The normalized spacial score (nSPS) is 13.2. The number of aryl methyl sites for hydroxylation is 1. The highest BCUT2D eigenvalue weighted by Gasteiger charge is 2.46. The van der Waals surface area contributed by atoms with Gasteiger partial charge in [-0.1, -0.05) is 282 Å². The van der Waals surface area contributed by atoms with Gasteiger partial charge in [-0.25, -0.2) is 0 Å². The predicted octanol–water partition coefficient (Wildman–Crippen LogP) is 19.9. The van der Waals surface area contributed by atoms with Gasteiger partial charge in [-0.05, 0) is 134 Å². The Labute approximate surface area is 418 Å². The number of rotatable bonds is 9. The summed E-state index contributed by atoms with van der Waals surface area (Å²) in [5.41, 5.74) is 17.8. The Bertz CT molecular complexity index is 3250. The smallest absolute Gasteiger partial charge is 0.0713 e. The lowest BCUT2D eigenvalue weighted by Crippen LogP contribution is -2.28. The minimum absolute atomic E-state index is 0.401. The monoisotopic (exact) mass is 907 g/mol. The van der Waals surface area contributed by atoms with Crippen molar-refractivity contribution in [2.75, 3.05) is 0 Å². The van der Waals surface area contributed by atoms with Crippen LogP contribution in [0.2, 0.25) is 0 Å². The Morgan fingerprint density at radius 3 is 1.73 bits per heavy atom. The molecule has 0 spiro atoms. The molecular weight excluding hydrogens is 841 g/mol. The minimum Gasteiger partial charge on any atom is -0.0990 e. The number of fused-ring (bicyclic) bond motifs is 6. The molecule has 0 amide bonds. The Hall–Kier alpha value is -7.80. The van der Waals surface area contributed by atoms with Crippen LogP contribution in [0.4, 0.5) is 0 Å². The largest absolute Gasteiger partial charge is 0.0990 e. The second-order valence-corrected chi connectivity index (χ2v) is 17.8. The Balaban J connectivity index is 0.000000181. The standard InChI is InChI=1S/C40H28.C19H18.C9H14.C2H6/c1-27-20-22-35-36-23-21-29(37-25-28-12-8-9-17-32(28)33-18-10-11-19-34(33)37)26-39(36)40(38(35)24-27,30-13-4-2-5-14-30)31-15-6-3-7-16-31;1-3-8-16(9-4-2)18-12-14-19(15-13-18)17-10-6-5-7-11-17;1-2-6-9-7-4-3-5-8-9;1-2/h2-26H,1H3;3-15H,1H2,2H3;3-4,7H,2,5-6,8H2,1H3;1-2H3/b;9-4-,16-8+;;. The summed E-state index contributed by atoms with van der Waals surface area (Å²) in [6.07, 6.45) is 19.8. The van der Waals surface area contributed by atoms with Gasteiger partial charge in [-0.15, -0.1) is 0 Å². The molecule has 0 aromatic heterocycles. The third-order valence-electron chi connectivity index (χ3n) is 13.4. The van der Waals surface area contributed by atoms with Crippen molar-refractivity contribution >= 4 is 27.1 Å². The minimum atomic E-state index is -0.401. The SMILES string of the molecule is C=C/C=C(\C=C/C)c1ccc(-c2ccccc2)cc1.CC.CCCC1=CC=CCC1.Cc1ccc2c(c1)C(c1ccccc1)(c1ccccc1)c1cc(-c3cc4ccccc4c4ccccc34)ccc1-2. The van der Waals surface area contributed by atoms with E-state index in [1.54, 1.807) is 5.57 Å². The van der Waals surface area contributed by atoms with E-state index in [0.29, 0.717) is 0 Å². The van der Waals surface area contributed by atoms with Gasteiger partial charge in [0.25, 0.3) is 0 Å². The molecule has 0 N–H and O–H groups in total. The van der Waals surface area contributed by atoms with Crippen molar-refractivity contribution in [2.45, 2.75) is 65.7 Å². The molecule has 0 nitrogen and oxygen atoms in total. The van der Waals surface area contributed by atoms with E-state index in [-0.39, 0.29) is 0 Å². The van der Waals surface area contributed by atoms with Gasteiger partial charge in [0.05, 0.1) is 5.41 Å². The molecule has 70 heavy (non-hydrogen) atoms. The van der Waals surface area contributed by atoms with Gasteiger partial charge >= 0.3 is 0 Å². The second-order valence-electron chi connectivity index (χ2n) is 17.8. The Morgan fingerprint density at radius 2 is 1.11 bits per heavy atom. The van der Waals surface area contributed by atoms with Crippen LogP contribution in [0.5, 0.6) is 0 Å². The van der Waals surface area contributed by atoms with Crippen molar-refractivity contribution in [1.29, 1.82) is 0 Å². The quantitative estimate of drug-likeness (QED) is 0.1000. The molecule has 0 radical (unpaired) electrons. The van der Waals surface area contributed by atoms with E-state index in [1.165, 1.54) is 120 Å². The van der Waals surface area contributed by atoms with Crippen LogP contribution in [-0.2, 0) is 5.41 Å². The summed E-state index contributed by atoms with van der Waals surface area (Å²) in [6, 6.07) is 75.2. The molecular formula is C70H66. The van der Waals surface area contributed by atoms with Crippen LogP contribution in [0.15, 0.2) is 261 Å². The molecule has 0 heteroatoms. The van der Waals surface area contributed by atoms with Crippen molar-refractivity contribution in [2.24, 2.45) is 0 Å². The molecule has 9 aromatic carbocycles. The fourth-order valence-electron chi connectivity index (χ4n) is 10.3. The van der Waals surface area contributed by atoms with Gasteiger partial charge in [0.2, 0.25) is 0 Å². The van der Waals surface area contributed by atoms with Crippen molar-refractivity contribution in [3.63, 3.8) is 0 Å². The predicted molar refractivity (Wildman–Crippen MR) is 307 cm³/mol. The highest BCUT2D eigenvalue weighted by Crippen LogP contribution is 2.57. The first kappa shape index (κ1) is 48.6. The van der Waals surface area contributed by atoms with Crippen molar-refractivity contribution in [3.8, 4) is 33.4 Å². The average molecular weight is 907 g/mol. The molecule has 0 saturated carbocycles. The third-order valence-corrected chi connectivity index (χ3v) is 13.4. The zero-order chi connectivity index (χ0) is 48.7. The molecule has 11 rings (SSSR count). The van der Waals surface area contributed by atoms with Gasteiger partial charge in [0.15, 0.2) is 0 Å². The van der Waals surface area contributed by atoms with Crippen LogP contribution in [0, 0.1) is 6.92 Å². The summed E-state index contributed by atoms with van der Waals surface area (Å²) in [5.74, 6) is 0. The maximum Gasteiger partial charge on any atom is 0.0713 e. The molecule has 0 aliphatic heterocycles. The van der Waals surface area contributed by atoms with E-state index < -0.39 is 5.41 Å². The van der Waals surface area contributed by atoms with Gasteiger partial charge in [0, 0.05) is 0 Å². The first-order valence-electron chi connectivity index (χ1n) is 25.3. The summed E-state index contributed by atoms with van der Waals surface area (Å²) in [7, 11) is 0. The zero-order valence-corrected chi connectivity index (χ0v) is 41.7. The lowest BCUT2D eigenvalue weighted by atomic mass is 9.67. The second kappa shape index (κ2) is 23.5. The third kappa shape index (κ3) is 10.3. The molecule has 2 aliphatic carbocycles. The van der Waals surface area contributed by atoms with E-state index in [4.69, 9.17) is 0 Å². The fourth-order valence-corrected chi connectivity index (χ4v) is 10.3. The van der Waals surface area contributed by atoms with Gasteiger partial charge in [0.1, 0.15) is 0 Å². The number of benzene rings is 9. The molecule has 9 aromatic rings. The number of hydrogen-bond acceptors (Lipinski definition) is 0. The molecule has 2 aliphatic rings. The molecule has 0 atom stereocenters. The summed E-state index contributed by atoms with van der Waals surface area (Å²) < 4.78 is 0. The first-order valence-corrected chi connectivity index (χ1v) is 25.3. The maximum absolute atomic E-state index is 3.76. The average Bonchev–Trinajstić information content (AvgIpc) is 3.72. The molecule has 0 unspecified atom stereocenters. The van der Waals surface area contributed by atoms with E-state index in [1.807, 2.05) is 45.1 Å². The van der Waals surface area contributed by atoms with Crippen molar-refractivity contribution in [1.82, 2.24) is 0 Å². The van der Waals surface area contributed by atoms with Crippen LogP contribution in [-0.4, -0.2) is 0 Å². The van der Waals surface area contributed by atoms with E-state index >= 15 is 0 Å². The maximum atomic E-state index is 3.76. The molecule has 0 heterocycles. The summed E-state index contributed by atoms with van der Waals surface area (Å²) >= 11 is 0. The van der Waals surface area contributed by atoms with Gasteiger partial charge in [-0.2, -0.15) is 0 Å². The fraction of sp³-hybridized carbons (Fsp3) is 0.143.